The average Bonchev–Trinajstić information content (AvgIpc) is 2.79. The van der Waals surface area contributed by atoms with Gasteiger partial charge < -0.3 is 20.4 Å². The Morgan fingerprint density at radius 3 is 2.45 bits per heavy atom. The molecule has 0 unspecified atom stereocenters. The number of rotatable bonds is 8. The fraction of sp³-hybridized carbons (Fsp3) is 0.375. The molecule has 1 aliphatic rings. The zero-order valence-electron chi connectivity index (χ0n) is 18.0. The van der Waals surface area contributed by atoms with Crippen LogP contribution in [0.1, 0.15) is 29.3 Å². The Kier molecular flexibility index (Phi) is 8.18. The third-order valence-corrected chi connectivity index (χ3v) is 5.30. The van der Waals surface area contributed by atoms with Gasteiger partial charge in [0.1, 0.15) is 0 Å². The van der Waals surface area contributed by atoms with Crippen LogP contribution in [-0.2, 0) is 16.0 Å². The largest absolute Gasteiger partial charge is 0.340 e. The summed E-state index contributed by atoms with van der Waals surface area (Å²) in [6.07, 6.45) is 1.01. The van der Waals surface area contributed by atoms with Crippen molar-refractivity contribution in [3.8, 4) is 0 Å². The lowest BCUT2D eigenvalue weighted by Gasteiger charge is -2.29. The zero-order valence-corrected chi connectivity index (χ0v) is 18.0. The topological polar surface area (TPSA) is 81.8 Å². The second kappa shape index (κ2) is 11.3. The maximum absolute atomic E-state index is 13.3. The summed E-state index contributed by atoms with van der Waals surface area (Å²) in [6.45, 7) is 5.32. The minimum absolute atomic E-state index is 0.0750. The lowest BCUT2D eigenvalue weighted by atomic mass is 10.1. The highest BCUT2D eigenvalue weighted by molar-refractivity contribution is 5.97. The fourth-order valence-corrected chi connectivity index (χ4v) is 3.64. The minimum atomic E-state index is -0.188. The molecule has 1 heterocycles. The fourth-order valence-electron chi connectivity index (χ4n) is 3.64. The van der Waals surface area contributed by atoms with Crippen molar-refractivity contribution in [3.05, 3.63) is 65.7 Å². The summed E-state index contributed by atoms with van der Waals surface area (Å²) in [4.78, 5) is 40.8. The van der Waals surface area contributed by atoms with Crippen LogP contribution in [0.25, 0.3) is 0 Å². The summed E-state index contributed by atoms with van der Waals surface area (Å²) < 4.78 is 0. The number of nitrogens with zero attached hydrogens (tertiary/aromatic N) is 2. The second-order valence-corrected chi connectivity index (χ2v) is 7.67. The molecule has 2 aromatic rings. The minimum Gasteiger partial charge on any atom is -0.340 e. The first kappa shape index (κ1) is 22.5. The van der Waals surface area contributed by atoms with Gasteiger partial charge >= 0.3 is 0 Å². The Morgan fingerprint density at radius 1 is 1.00 bits per heavy atom. The van der Waals surface area contributed by atoms with Gasteiger partial charge in [-0.25, -0.2) is 0 Å². The SMILES string of the molecule is CC(=O)Nc1cccc(C(=O)N(CCC(=O)N2CCNCC2)CCc2ccccc2)c1. The Bertz CT molecular complexity index is 895. The molecule has 0 radical (unpaired) electrons. The number of piperazine rings is 1. The van der Waals surface area contributed by atoms with Crippen LogP contribution >= 0.6 is 0 Å². The summed E-state index contributed by atoms with van der Waals surface area (Å²) in [5, 5.41) is 5.96. The van der Waals surface area contributed by atoms with Gasteiger partial charge in [0.25, 0.3) is 5.91 Å². The average molecular weight is 423 g/mol. The molecule has 0 saturated carbocycles. The monoisotopic (exact) mass is 422 g/mol. The van der Waals surface area contributed by atoms with E-state index in [0.29, 0.717) is 50.3 Å². The van der Waals surface area contributed by atoms with E-state index in [1.54, 1.807) is 29.2 Å². The molecule has 0 spiro atoms. The van der Waals surface area contributed by atoms with Crippen molar-refractivity contribution in [3.63, 3.8) is 0 Å². The van der Waals surface area contributed by atoms with E-state index in [1.807, 2.05) is 35.2 Å². The van der Waals surface area contributed by atoms with Crippen molar-refractivity contribution in [1.29, 1.82) is 0 Å². The van der Waals surface area contributed by atoms with Gasteiger partial charge in [-0.1, -0.05) is 36.4 Å². The van der Waals surface area contributed by atoms with Gasteiger partial charge in [-0.3, -0.25) is 14.4 Å². The molecule has 1 saturated heterocycles. The molecule has 0 atom stereocenters. The predicted octanol–water partition coefficient (Wildman–Crippen LogP) is 2.15. The van der Waals surface area contributed by atoms with Gasteiger partial charge in [0, 0.05) is 63.9 Å². The number of anilines is 1. The van der Waals surface area contributed by atoms with E-state index in [0.717, 1.165) is 18.7 Å². The van der Waals surface area contributed by atoms with Crippen LogP contribution in [0.15, 0.2) is 54.6 Å². The molecule has 0 aromatic heterocycles. The Balaban J connectivity index is 1.70. The summed E-state index contributed by atoms with van der Waals surface area (Å²) in [5.74, 6) is -0.255. The Labute approximate surface area is 183 Å². The molecule has 2 aromatic carbocycles. The van der Waals surface area contributed by atoms with Gasteiger partial charge in [0.2, 0.25) is 11.8 Å². The highest BCUT2D eigenvalue weighted by atomic mass is 16.2. The van der Waals surface area contributed by atoms with E-state index >= 15 is 0 Å². The number of nitrogens with one attached hydrogen (secondary N) is 2. The second-order valence-electron chi connectivity index (χ2n) is 7.67. The molecule has 1 fully saturated rings. The van der Waals surface area contributed by atoms with Gasteiger partial charge in [-0.2, -0.15) is 0 Å². The normalized spacial score (nSPS) is 13.5. The van der Waals surface area contributed by atoms with Crippen LogP contribution in [0, 0.1) is 0 Å². The van der Waals surface area contributed by atoms with Crippen LogP contribution in [-0.4, -0.2) is 66.8 Å². The highest BCUT2D eigenvalue weighted by Crippen LogP contribution is 2.14. The number of benzene rings is 2. The lowest BCUT2D eigenvalue weighted by molar-refractivity contribution is -0.132. The molecule has 0 bridgehead atoms. The first-order chi connectivity index (χ1) is 15.0. The lowest BCUT2D eigenvalue weighted by Crippen LogP contribution is -2.47. The highest BCUT2D eigenvalue weighted by Gasteiger charge is 2.21. The molecule has 164 valence electrons. The molecule has 7 heteroatoms. The maximum Gasteiger partial charge on any atom is 0.253 e. The first-order valence-electron chi connectivity index (χ1n) is 10.7. The number of hydrogen-bond donors (Lipinski definition) is 2. The quantitative estimate of drug-likeness (QED) is 0.683. The van der Waals surface area contributed by atoms with E-state index in [9.17, 15) is 14.4 Å². The van der Waals surface area contributed by atoms with Gasteiger partial charge in [0.05, 0.1) is 0 Å². The molecule has 3 amide bonds. The van der Waals surface area contributed by atoms with Crippen molar-refractivity contribution < 1.29 is 14.4 Å². The Hall–Kier alpha value is -3.19. The first-order valence-corrected chi connectivity index (χ1v) is 10.7. The number of amides is 3. The van der Waals surface area contributed by atoms with E-state index in [1.165, 1.54) is 6.92 Å². The summed E-state index contributed by atoms with van der Waals surface area (Å²) in [7, 11) is 0. The zero-order chi connectivity index (χ0) is 22.1. The predicted molar refractivity (Wildman–Crippen MR) is 121 cm³/mol. The molecule has 2 N–H and O–H groups in total. The van der Waals surface area contributed by atoms with E-state index in [4.69, 9.17) is 0 Å². The third-order valence-electron chi connectivity index (χ3n) is 5.30. The van der Waals surface area contributed by atoms with Crippen molar-refractivity contribution in [2.45, 2.75) is 19.8 Å². The van der Waals surface area contributed by atoms with Crippen LogP contribution in [0.5, 0.6) is 0 Å². The van der Waals surface area contributed by atoms with Crippen molar-refractivity contribution in [2.75, 3.05) is 44.6 Å². The molecule has 31 heavy (non-hydrogen) atoms. The van der Waals surface area contributed by atoms with Gasteiger partial charge in [-0.05, 0) is 30.2 Å². The number of hydrogen-bond acceptors (Lipinski definition) is 4. The number of carbonyl (C=O) groups is 3. The van der Waals surface area contributed by atoms with Crippen LogP contribution in [0.3, 0.4) is 0 Å². The molecule has 0 aliphatic carbocycles. The maximum atomic E-state index is 13.3. The summed E-state index contributed by atoms with van der Waals surface area (Å²) in [6, 6.07) is 16.9. The van der Waals surface area contributed by atoms with Crippen molar-refractivity contribution >= 4 is 23.4 Å². The third kappa shape index (κ3) is 6.93. The smallest absolute Gasteiger partial charge is 0.253 e. The summed E-state index contributed by atoms with van der Waals surface area (Å²) >= 11 is 0. The van der Waals surface area contributed by atoms with Gasteiger partial charge in [-0.15, -0.1) is 0 Å². The van der Waals surface area contributed by atoms with Crippen molar-refractivity contribution in [2.24, 2.45) is 0 Å². The molecule has 1 aliphatic heterocycles. The van der Waals surface area contributed by atoms with E-state index < -0.39 is 0 Å². The van der Waals surface area contributed by atoms with E-state index in [2.05, 4.69) is 10.6 Å². The molecular weight excluding hydrogens is 392 g/mol. The number of carbonyl (C=O) groups excluding carboxylic acids is 3. The van der Waals surface area contributed by atoms with Crippen molar-refractivity contribution in [1.82, 2.24) is 15.1 Å². The van der Waals surface area contributed by atoms with Crippen LogP contribution < -0.4 is 10.6 Å². The Morgan fingerprint density at radius 2 is 1.74 bits per heavy atom. The van der Waals surface area contributed by atoms with E-state index in [-0.39, 0.29) is 17.7 Å². The summed E-state index contributed by atoms with van der Waals surface area (Å²) in [5.41, 5.74) is 2.22. The standard InChI is InChI=1S/C24H30N4O3/c1-19(29)26-22-9-5-8-21(18-22)24(31)28(14-10-20-6-3-2-4-7-20)15-11-23(30)27-16-12-25-13-17-27/h2-9,18,25H,10-17H2,1H3,(H,26,29). The molecule has 7 nitrogen and oxygen atoms in total. The van der Waals surface area contributed by atoms with Crippen LogP contribution in [0.4, 0.5) is 5.69 Å². The molecule has 3 rings (SSSR count). The van der Waals surface area contributed by atoms with Crippen LogP contribution in [0.2, 0.25) is 0 Å². The molecular formula is C24H30N4O3. The van der Waals surface area contributed by atoms with Gasteiger partial charge in [0.15, 0.2) is 0 Å².